The van der Waals surface area contributed by atoms with Gasteiger partial charge in [0.15, 0.2) is 0 Å². The smallest absolute Gasteiger partial charge is 0.322 e. The second-order valence-corrected chi connectivity index (χ2v) is 5.68. The average molecular weight is 319 g/mol. The van der Waals surface area contributed by atoms with E-state index in [1.807, 2.05) is 6.92 Å². The van der Waals surface area contributed by atoms with E-state index in [1.54, 1.807) is 7.05 Å². The van der Waals surface area contributed by atoms with Gasteiger partial charge >= 0.3 is 5.97 Å². The summed E-state index contributed by atoms with van der Waals surface area (Å²) in [7, 11) is 2.88. The summed E-state index contributed by atoms with van der Waals surface area (Å²) in [6.45, 7) is 2.63. The molecule has 0 aromatic carbocycles. The first-order valence-electron chi connectivity index (χ1n) is 6.84. The SMILES string of the molecule is CCCNC(=O)CN(C)C(=O)CSCCC(N)C(=O)OC. The van der Waals surface area contributed by atoms with Crippen LogP contribution < -0.4 is 11.1 Å². The Balaban J connectivity index is 3.83. The van der Waals surface area contributed by atoms with E-state index in [4.69, 9.17) is 5.73 Å². The van der Waals surface area contributed by atoms with Crippen LogP contribution in [0.4, 0.5) is 0 Å². The third kappa shape index (κ3) is 9.30. The fourth-order valence-electron chi connectivity index (χ4n) is 1.37. The minimum atomic E-state index is -0.657. The number of rotatable bonds is 10. The first-order valence-corrected chi connectivity index (χ1v) is 7.99. The van der Waals surface area contributed by atoms with Crippen LogP contribution in [0.2, 0.25) is 0 Å². The zero-order valence-corrected chi connectivity index (χ0v) is 13.7. The molecule has 8 heteroatoms. The number of carbonyl (C=O) groups excluding carboxylic acids is 3. The highest BCUT2D eigenvalue weighted by molar-refractivity contribution is 7.99. The molecule has 122 valence electrons. The summed E-state index contributed by atoms with van der Waals surface area (Å²) in [5.74, 6) is 0.0962. The van der Waals surface area contributed by atoms with Gasteiger partial charge in [-0.05, 0) is 18.6 Å². The van der Waals surface area contributed by atoms with Gasteiger partial charge in [-0.15, -0.1) is 0 Å². The summed E-state index contributed by atoms with van der Waals surface area (Å²) in [6, 6.07) is -0.657. The molecule has 3 N–H and O–H groups in total. The van der Waals surface area contributed by atoms with Crippen LogP contribution in [0.5, 0.6) is 0 Å². The molecule has 0 bridgehead atoms. The fraction of sp³-hybridized carbons (Fsp3) is 0.769. The Morgan fingerprint density at radius 3 is 2.62 bits per heavy atom. The molecule has 0 aliphatic carbocycles. The van der Waals surface area contributed by atoms with E-state index in [1.165, 1.54) is 23.8 Å². The highest BCUT2D eigenvalue weighted by Gasteiger charge is 2.15. The summed E-state index contributed by atoms with van der Waals surface area (Å²) in [6.07, 6.45) is 1.31. The van der Waals surface area contributed by atoms with Crippen molar-refractivity contribution in [2.45, 2.75) is 25.8 Å². The summed E-state index contributed by atoms with van der Waals surface area (Å²) >= 11 is 1.38. The first-order chi connectivity index (χ1) is 9.92. The molecule has 0 aliphatic rings. The monoisotopic (exact) mass is 319 g/mol. The predicted octanol–water partition coefficient (Wildman–Crippen LogP) is -0.405. The number of nitrogens with zero attached hydrogens (tertiary/aromatic N) is 1. The molecule has 1 atom stereocenters. The zero-order valence-electron chi connectivity index (χ0n) is 12.9. The molecule has 0 spiro atoms. The topological polar surface area (TPSA) is 102 Å². The number of likely N-dealkylation sites (N-methyl/N-ethyl adjacent to an activating group) is 1. The standard InChI is InChI=1S/C13H25N3O4S/c1-4-6-15-11(17)8-16(2)12(18)9-21-7-5-10(14)13(19)20-3/h10H,4-9,14H2,1-3H3,(H,15,17). The maximum Gasteiger partial charge on any atom is 0.322 e. The molecule has 0 saturated carbocycles. The number of nitrogens with one attached hydrogen (secondary N) is 1. The van der Waals surface area contributed by atoms with E-state index in [9.17, 15) is 14.4 Å². The lowest BCUT2D eigenvalue weighted by Crippen LogP contribution is -2.39. The Bertz CT molecular complexity index is 352. The van der Waals surface area contributed by atoms with Crippen molar-refractivity contribution >= 4 is 29.5 Å². The maximum atomic E-state index is 11.8. The van der Waals surface area contributed by atoms with Crippen molar-refractivity contribution in [1.29, 1.82) is 0 Å². The number of carbonyl (C=O) groups is 3. The Morgan fingerprint density at radius 2 is 2.05 bits per heavy atom. The highest BCUT2D eigenvalue weighted by atomic mass is 32.2. The molecule has 21 heavy (non-hydrogen) atoms. The molecule has 0 aliphatic heterocycles. The van der Waals surface area contributed by atoms with Crippen molar-refractivity contribution in [1.82, 2.24) is 10.2 Å². The second-order valence-electron chi connectivity index (χ2n) is 4.57. The van der Waals surface area contributed by atoms with Crippen LogP contribution in [0.1, 0.15) is 19.8 Å². The average Bonchev–Trinajstić information content (AvgIpc) is 2.47. The Morgan fingerprint density at radius 1 is 1.38 bits per heavy atom. The summed E-state index contributed by atoms with van der Waals surface area (Å²) in [5, 5.41) is 2.71. The number of esters is 1. The minimum absolute atomic E-state index is 0.0566. The van der Waals surface area contributed by atoms with E-state index in [2.05, 4.69) is 10.1 Å². The summed E-state index contributed by atoms with van der Waals surface area (Å²) in [4.78, 5) is 35.7. The normalized spacial score (nSPS) is 11.6. The Labute approximate surface area is 129 Å². The molecular weight excluding hydrogens is 294 g/mol. The summed E-state index contributed by atoms with van der Waals surface area (Å²) in [5.41, 5.74) is 5.58. The van der Waals surface area contributed by atoms with Gasteiger partial charge in [0.05, 0.1) is 19.4 Å². The van der Waals surface area contributed by atoms with E-state index in [0.717, 1.165) is 6.42 Å². The number of hydrogen-bond donors (Lipinski definition) is 2. The van der Waals surface area contributed by atoms with Crippen LogP contribution in [-0.2, 0) is 19.1 Å². The number of amides is 2. The predicted molar refractivity (Wildman–Crippen MR) is 82.9 cm³/mol. The molecule has 0 rings (SSSR count). The van der Waals surface area contributed by atoms with Crippen LogP contribution in [0.25, 0.3) is 0 Å². The molecule has 0 aromatic heterocycles. The lowest BCUT2D eigenvalue weighted by Gasteiger charge is -2.16. The van der Waals surface area contributed by atoms with Crippen molar-refractivity contribution in [2.75, 3.05) is 38.8 Å². The van der Waals surface area contributed by atoms with Crippen LogP contribution >= 0.6 is 11.8 Å². The third-order valence-corrected chi connectivity index (χ3v) is 3.66. The van der Waals surface area contributed by atoms with E-state index in [0.29, 0.717) is 18.7 Å². The lowest BCUT2D eigenvalue weighted by molar-refractivity contribution is -0.142. The first kappa shape index (κ1) is 19.7. The Hall–Kier alpha value is -1.28. The molecular formula is C13H25N3O4S. The van der Waals surface area contributed by atoms with Gasteiger partial charge in [-0.2, -0.15) is 11.8 Å². The molecule has 0 saturated heterocycles. The van der Waals surface area contributed by atoms with Crippen LogP contribution in [0.15, 0.2) is 0 Å². The van der Waals surface area contributed by atoms with E-state index >= 15 is 0 Å². The summed E-state index contributed by atoms with van der Waals surface area (Å²) < 4.78 is 4.51. The second kappa shape index (κ2) is 11.4. The maximum absolute atomic E-state index is 11.8. The number of methoxy groups -OCH3 is 1. The number of nitrogens with two attached hydrogens (primary N) is 1. The number of thioether (sulfide) groups is 1. The Kier molecular flexibility index (Phi) is 10.7. The van der Waals surface area contributed by atoms with Gasteiger partial charge in [0.1, 0.15) is 6.04 Å². The van der Waals surface area contributed by atoms with Gasteiger partial charge in [-0.1, -0.05) is 6.92 Å². The van der Waals surface area contributed by atoms with Crippen LogP contribution in [0.3, 0.4) is 0 Å². The van der Waals surface area contributed by atoms with Gasteiger partial charge < -0.3 is 20.7 Å². The van der Waals surface area contributed by atoms with E-state index in [-0.39, 0.29) is 24.1 Å². The van der Waals surface area contributed by atoms with Crippen LogP contribution in [-0.4, -0.2) is 67.5 Å². The largest absolute Gasteiger partial charge is 0.468 e. The van der Waals surface area contributed by atoms with Crippen molar-refractivity contribution < 1.29 is 19.1 Å². The third-order valence-electron chi connectivity index (χ3n) is 2.68. The van der Waals surface area contributed by atoms with Crippen LogP contribution in [0, 0.1) is 0 Å². The molecule has 0 fully saturated rings. The van der Waals surface area contributed by atoms with Gasteiger partial charge in [0, 0.05) is 13.6 Å². The van der Waals surface area contributed by atoms with Crippen molar-refractivity contribution in [3.63, 3.8) is 0 Å². The van der Waals surface area contributed by atoms with E-state index < -0.39 is 12.0 Å². The zero-order chi connectivity index (χ0) is 16.3. The molecule has 1 unspecified atom stereocenters. The molecule has 2 amide bonds. The van der Waals surface area contributed by atoms with Gasteiger partial charge in [0.2, 0.25) is 11.8 Å². The van der Waals surface area contributed by atoms with Crippen molar-refractivity contribution in [3.8, 4) is 0 Å². The minimum Gasteiger partial charge on any atom is -0.468 e. The van der Waals surface area contributed by atoms with Gasteiger partial charge in [-0.3, -0.25) is 14.4 Å². The number of hydrogen-bond acceptors (Lipinski definition) is 6. The van der Waals surface area contributed by atoms with Crippen molar-refractivity contribution in [2.24, 2.45) is 5.73 Å². The molecule has 0 aromatic rings. The molecule has 0 radical (unpaired) electrons. The lowest BCUT2D eigenvalue weighted by atomic mass is 10.2. The molecule has 0 heterocycles. The van der Waals surface area contributed by atoms with Gasteiger partial charge in [0.25, 0.3) is 0 Å². The molecule has 7 nitrogen and oxygen atoms in total. The fourth-order valence-corrected chi connectivity index (χ4v) is 2.33. The quantitative estimate of drug-likeness (QED) is 0.419. The highest BCUT2D eigenvalue weighted by Crippen LogP contribution is 2.06. The van der Waals surface area contributed by atoms with Crippen molar-refractivity contribution in [3.05, 3.63) is 0 Å². The van der Waals surface area contributed by atoms with Gasteiger partial charge in [-0.25, -0.2) is 0 Å². The number of ether oxygens (including phenoxy) is 1.